The van der Waals surface area contributed by atoms with Crippen LogP contribution in [0.5, 0.6) is 0 Å². The first-order valence-electron chi connectivity index (χ1n) is 5.78. The molecule has 0 saturated carbocycles. The van der Waals surface area contributed by atoms with Gasteiger partial charge >= 0.3 is 0 Å². The average Bonchev–Trinajstić information content (AvgIpc) is 2.38. The molecule has 2 heterocycles. The standard InChI is InChI=1S/C12H18N2O2/c15-8-10-4-5-13-12(7-10)14-6-2-1-3-11(14)9-16/h4-5,7,11,15-16H,1-3,6,8-9H2. The SMILES string of the molecule is OCc1ccnc(N2CCCCC2CO)c1. The highest BCUT2D eigenvalue weighted by atomic mass is 16.3. The normalized spacial score (nSPS) is 21.1. The molecule has 0 spiro atoms. The summed E-state index contributed by atoms with van der Waals surface area (Å²) in [6.45, 7) is 1.14. The lowest BCUT2D eigenvalue weighted by Gasteiger charge is -2.35. The molecule has 1 aromatic heterocycles. The van der Waals surface area contributed by atoms with Gasteiger partial charge in [-0.05, 0) is 37.0 Å². The van der Waals surface area contributed by atoms with Crippen molar-refractivity contribution in [2.45, 2.75) is 31.9 Å². The van der Waals surface area contributed by atoms with Crippen LogP contribution in [0.25, 0.3) is 0 Å². The molecule has 4 nitrogen and oxygen atoms in total. The number of aliphatic hydroxyl groups is 2. The minimum absolute atomic E-state index is 0.0349. The Morgan fingerprint density at radius 3 is 3.00 bits per heavy atom. The number of hydrogen-bond acceptors (Lipinski definition) is 4. The molecule has 1 aliphatic heterocycles. The highest BCUT2D eigenvalue weighted by molar-refractivity contribution is 5.42. The maximum absolute atomic E-state index is 9.33. The van der Waals surface area contributed by atoms with Gasteiger partial charge in [0.15, 0.2) is 0 Å². The fraction of sp³-hybridized carbons (Fsp3) is 0.583. The van der Waals surface area contributed by atoms with Gasteiger partial charge in [0.1, 0.15) is 5.82 Å². The van der Waals surface area contributed by atoms with Crippen LogP contribution < -0.4 is 4.90 Å². The van der Waals surface area contributed by atoms with E-state index in [0.29, 0.717) is 0 Å². The topological polar surface area (TPSA) is 56.6 Å². The molecule has 88 valence electrons. The van der Waals surface area contributed by atoms with Gasteiger partial charge in [0.05, 0.1) is 19.3 Å². The Balaban J connectivity index is 2.20. The molecule has 2 rings (SSSR count). The van der Waals surface area contributed by atoms with Gasteiger partial charge in [-0.15, -0.1) is 0 Å². The van der Waals surface area contributed by atoms with Crippen molar-refractivity contribution in [2.24, 2.45) is 0 Å². The summed E-state index contributed by atoms with van der Waals surface area (Å²) in [5.74, 6) is 0.866. The molecular weight excluding hydrogens is 204 g/mol. The lowest BCUT2D eigenvalue weighted by atomic mass is 10.0. The number of pyridine rings is 1. The summed E-state index contributed by atoms with van der Waals surface area (Å²) in [7, 11) is 0. The Labute approximate surface area is 95.5 Å². The van der Waals surface area contributed by atoms with Crippen LogP contribution in [0.4, 0.5) is 5.82 Å². The Kier molecular flexibility index (Phi) is 3.74. The van der Waals surface area contributed by atoms with Gasteiger partial charge in [0.2, 0.25) is 0 Å². The molecule has 0 amide bonds. The van der Waals surface area contributed by atoms with Crippen molar-refractivity contribution in [3.63, 3.8) is 0 Å². The van der Waals surface area contributed by atoms with E-state index in [2.05, 4.69) is 9.88 Å². The summed E-state index contributed by atoms with van der Waals surface area (Å²) in [6, 6.07) is 3.88. The first-order valence-corrected chi connectivity index (χ1v) is 5.78. The predicted molar refractivity (Wildman–Crippen MR) is 62.2 cm³/mol. The number of anilines is 1. The highest BCUT2D eigenvalue weighted by Gasteiger charge is 2.22. The molecule has 2 N–H and O–H groups in total. The van der Waals surface area contributed by atoms with Gasteiger partial charge in [0.25, 0.3) is 0 Å². The van der Waals surface area contributed by atoms with Gasteiger partial charge in [-0.25, -0.2) is 4.98 Å². The van der Waals surface area contributed by atoms with E-state index in [9.17, 15) is 5.11 Å². The van der Waals surface area contributed by atoms with Crippen LogP contribution in [-0.4, -0.2) is 34.4 Å². The third kappa shape index (κ3) is 2.33. The first-order chi connectivity index (χ1) is 7.85. The molecule has 1 saturated heterocycles. The molecule has 1 unspecified atom stereocenters. The maximum Gasteiger partial charge on any atom is 0.129 e. The van der Waals surface area contributed by atoms with Crippen LogP contribution in [0, 0.1) is 0 Å². The molecule has 0 bridgehead atoms. The van der Waals surface area contributed by atoms with Crippen molar-refractivity contribution >= 4 is 5.82 Å². The predicted octanol–water partition coefficient (Wildman–Crippen LogP) is 0.925. The Bertz CT molecular complexity index is 344. The van der Waals surface area contributed by atoms with Crippen molar-refractivity contribution in [1.29, 1.82) is 0 Å². The Morgan fingerprint density at radius 2 is 2.25 bits per heavy atom. The molecule has 0 aliphatic carbocycles. The van der Waals surface area contributed by atoms with E-state index < -0.39 is 0 Å². The third-order valence-corrected chi connectivity index (χ3v) is 3.12. The highest BCUT2D eigenvalue weighted by Crippen LogP contribution is 2.23. The number of piperidine rings is 1. The zero-order valence-electron chi connectivity index (χ0n) is 9.34. The quantitative estimate of drug-likeness (QED) is 0.798. The third-order valence-electron chi connectivity index (χ3n) is 3.12. The summed E-state index contributed by atoms with van der Waals surface area (Å²) in [6.07, 6.45) is 5.04. The van der Waals surface area contributed by atoms with Crippen LogP contribution >= 0.6 is 0 Å². The van der Waals surface area contributed by atoms with Crippen LogP contribution in [0.2, 0.25) is 0 Å². The van der Waals surface area contributed by atoms with Crippen molar-refractivity contribution < 1.29 is 10.2 Å². The van der Waals surface area contributed by atoms with E-state index in [-0.39, 0.29) is 19.3 Å². The molecule has 1 aromatic rings. The summed E-state index contributed by atoms with van der Waals surface area (Å²) in [4.78, 5) is 6.45. The van der Waals surface area contributed by atoms with E-state index in [4.69, 9.17) is 5.11 Å². The first kappa shape index (κ1) is 11.4. The van der Waals surface area contributed by atoms with Crippen LogP contribution in [0.3, 0.4) is 0 Å². The van der Waals surface area contributed by atoms with E-state index >= 15 is 0 Å². The van der Waals surface area contributed by atoms with Gasteiger partial charge in [-0.1, -0.05) is 0 Å². The fourth-order valence-corrected chi connectivity index (χ4v) is 2.21. The summed E-state index contributed by atoms with van der Waals surface area (Å²) in [5.41, 5.74) is 0.868. The smallest absolute Gasteiger partial charge is 0.129 e. The minimum Gasteiger partial charge on any atom is -0.394 e. The second-order valence-corrected chi connectivity index (χ2v) is 4.21. The van der Waals surface area contributed by atoms with Gasteiger partial charge < -0.3 is 15.1 Å². The summed E-state index contributed by atoms with van der Waals surface area (Å²) in [5, 5.41) is 18.4. The molecule has 1 fully saturated rings. The molecule has 16 heavy (non-hydrogen) atoms. The maximum atomic E-state index is 9.33. The number of aromatic nitrogens is 1. The molecule has 0 aromatic carbocycles. The largest absolute Gasteiger partial charge is 0.394 e. The van der Waals surface area contributed by atoms with Gasteiger partial charge in [-0.3, -0.25) is 0 Å². The van der Waals surface area contributed by atoms with Crippen molar-refractivity contribution in [2.75, 3.05) is 18.1 Å². The van der Waals surface area contributed by atoms with Gasteiger partial charge in [-0.2, -0.15) is 0 Å². The fourth-order valence-electron chi connectivity index (χ4n) is 2.21. The Hall–Kier alpha value is -1.13. The summed E-state index contributed by atoms with van der Waals surface area (Å²) >= 11 is 0. The van der Waals surface area contributed by atoms with Crippen molar-refractivity contribution in [3.05, 3.63) is 23.9 Å². The van der Waals surface area contributed by atoms with Crippen LogP contribution in [0.1, 0.15) is 24.8 Å². The number of nitrogens with zero attached hydrogens (tertiary/aromatic N) is 2. The lowest BCUT2D eigenvalue weighted by Crippen LogP contribution is -2.42. The van der Waals surface area contributed by atoms with E-state index in [1.54, 1.807) is 12.3 Å². The molecule has 4 heteroatoms. The van der Waals surface area contributed by atoms with E-state index in [1.165, 1.54) is 6.42 Å². The van der Waals surface area contributed by atoms with Crippen LogP contribution in [-0.2, 0) is 6.61 Å². The molecule has 0 radical (unpaired) electrons. The molecule has 1 atom stereocenters. The second-order valence-electron chi connectivity index (χ2n) is 4.21. The zero-order chi connectivity index (χ0) is 11.4. The van der Waals surface area contributed by atoms with Crippen molar-refractivity contribution in [1.82, 2.24) is 4.98 Å². The lowest BCUT2D eigenvalue weighted by molar-refractivity contribution is 0.239. The van der Waals surface area contributed by atoms with Gasteiger partial charge in [0, 0.05) is 12.7 Å². The monoisotopic (exact) mass is 222 g/mol. The second kappa shape index (κ2) is 5.27. The number of rotatable bonds is 3. The molecule has 1 aliphatic rings. The number of hydrogen-bond donors (Lipinski definition) is 2. The zero-order valence-corrected chi connectivity index (χ0v) is 9.34. The summed E-state index contributed by atoms with van der Waals surface area (Å²) < 4.78 is 0. The van der Waals surface area contributed by atoms with E-state index in [1.807, 2.05) is 6.07 Å². The molecular formula is C12H18N2O2. The average molecular weight is 222 g/mol. The van der Waals surface area contributed by atoms with Crippen molar-refractivity contribution in [3.8, 4) is 0 Å². The van der Waals surface area contributed by atoms with Crippen LogP contribution in [0.15, 0.2) is 18.3 Å². The van der Waals surface area contributed by atoms with E-state index in [0.717, 1.165) is 30.8 Å². The Morgan fingerprint density at radius 1 is 1.38 bits per heavy atom. The minimum atomic E-state index is 0.0349. The number of aliphatic hydroxyl groups excluding tert-OH is 2.